The minimum atomic E-state index is 0.777. The highest BCUT2D eigenvalue weighted by atomic mass is 15.2. The molecule has 1 N–H and O–H groups in total. The summed E-state index contributed by atoms with van der Waals surface area (Å²) >= 11 is 0. The van der Waals surface area contributed by atoms with E-state index < -0.39 is 0 Å². The first-order chi connectivity index (χ1) is 8.29. The average molecular weight is 233 g/mol. The Morgan fingerprint density at radius 3 is 2.94 bits per heavy atom. The summed E-state index contributed by atoms with van der Waals surface area (Å²) in [7, 11) is 0. The van der Waals surface area contributed by atoms with Crippen LogP contribution in [0.5, 0.6) is 0 Å². The zero-order valence-corrected chi connectivity index (χ0v) is 10.7. The number of hydrogen-bond donors (Lipinski definition) is 1. The van der Waals surface area contributed by atoms with Crippen molar-refractivity contribution in [2.45, 2.75) is 39.2 Å². The van der Waals surface area contributed by atoms with Gasteiger partial charge < -0.3 is 9.88 Å². The van der Waals surface area contributed by atoms with Crippen LogP contribution >= 0.6 is 0 Å². The molecule has 17 heavy (non-hydrogen) atoms. The van der Waals surface area contributed by atoms with Crippen LogP contribution in [0.15, 0.2) is 25.0 Å². The van der Waals surface area contributed by atoms with Gasteiger partial charge in [0.1, 0.15) is 0 Å². The van der Waals surface area contributed by atoms with E-state index in [4.69, 9.17) is 0 Å². The van der Waals surface area contributed by atoms with Crippen molar-refractivity contribution in [2.24, 2.45) is 11.8 Å². The smallest absolute Gasteiger partial charge is 0.203 e. The molecule has 3 nitrogen and oxygen atoms in total. The van der Waals surface area contributed by atoms with E-state index in [0.29, 0.717) is 0 Å². The molecule has 1 aliphatic carbocycles. The molecular formula is C14H23N3. The van der Waals surface area contributed by atoms with Gasteiger partial charge in [0.05, 0.1) is 0 Å². The van der Waals surface area contributed by atoms with E-state index in [9.17, 15) is 0 Å². The zero-order valence-electron chi connectivity index (χ0n) is 10.7. The molecule has 1 aromatic rings. The van der Waals surface area contributed by atoms with Crippen LogP contribution in [-0.2, 0) is 6.54 Å². The Labute approximate surface area is 104 Å². The van der Waals surface area contributed by atoms with E-state index in [1.807, 2.05) is 12.3 Å². The second kappa shape index (κ2) is 5.89. The maximum absolute atomic E-state index is 4.34. The van der Waals surface area contributed by atoms with E-state index in [2.05, 4.69) is 34.6 Å². The summed E-state index contributed by atoms with van der Waals surface area (Å²) in [6, 6.07) is 0. The predicted octanol–water partition coefficient (Wildman–Crippen LogP) is 3.31. The standard InChI is InChI=1S/C14H23N3/c1-3-8-15-14-16-9-10-17(14)11-13-6-4-12(2)5-7-13/h3,9-10,12-13H,1,4-8,11H2,2H3,(H,15,16). The first-order valence-electron chi connectivity index (χ1n) is 6.65. The fourth-order valence-electron chi connectivity index (χ4n) is 2.58. The van der Waals surface area contributed by atoms with E-state index in [1.54, 1.807) is 0 Å². The van der Waals surface area contributed by atoms with Crippen molar-refractivity contribution in [2.75, 3.05) is 11.9 Å². The van der Waals surface area contributed by atoms with Gasteiger partial charge in [-0.1, -0.05) is 25.8 Å². The molecular weight excluding hydrogens is 210 g/mol. The van der Waals surface area contributed by atoms with Crippen LogP contribution in [0.2, 0.25) is 0 Å². The van der Waals surface area contributed by atoms with Crippen LogP contribution in [0.1, 0.15) is 32.6 Å². The van der Waals surface area contributed by atoms with E-state index >= 15 is 0 Å². The summed E-state index contributed by atoms with van der Waals surface area (Å²) in [4.78, 5) is 4.34. The Morgan fingerprint density at radius 1 is 1.47 bits per heavy atom. The molecule has 0 bridgehead atoms. The summed E-state index contributed by atoms with van der Waals surface area (Å²) < 4.78 is 2.24. The molecule has 3 heteroatoms. The lowest BCUT2D eigenvalue weighted by Crippen LogP contribution is -2.18. The first kappa shape index (κ1) is 12.2. The summed E-state index contributed by atoms with van der Waals surface area (Å²) in [6.45, 7) is 7.96. The number of nitrogens with one attached hydrogen (secondary N) is 1. The number of anilines is 1. The molecule has 0 spiro atoms. The van der Waals surface area contributed by atoms with E-state index in [-0.39, 0.29) is 0 Å². The average Bonchev–Trinajstić information content (AvgIpc) is 2.77. The lowest BCUT2D eigenvalue weighted by molar-refractivity contribution is 0.265. The Bertz CT molecular complexity index is 348. The van der Waals surface area contributed by atoms with Crippen molar-refractivity contribution < 1.29 is 0 Å². The molecule has 94 valence electrons. The minimum absolute atomic E-state index is 0.777. The maximum atomic E-state index is 4.34. The summed E-state index contributed by atoms with van der Waals surface area (Å²) in [5, 5.41) is 3.28. The van der Waals surface area contributed by atoms with Gasteiger partial charge in [-0.15, -0.1) is 6.58 Å². The van der Waals surface area contributed by atoms with Crippen LogP contribution in [0.4, 0.5) is 5.95 Å². The third kappa shape index (κ3) is 3.35. The van der Waals surface area contributed by atoms with Crippen LogP contribution in [0.3, 0.4) is 0 Å². The molecule has 0 aliphatic heterocycles. The third-order valence-corrected chi connectivity index (χ3v) is 3.71. The third-order valence-electron chi connectivity index (χ3n) is 3.71. The van der Waals surface area contributed by atoms with Gasteiger partial charge in [-0.3, -0.25) is 0 Å². The number of aromatic nitrogens is 2. The van der Waals surface area contributed by atoms with Gasteiger partial charge in [0, 0.05) is 25.5 Å². The molecule has 1 aliphatic rings. The molecule has 0 aromatic carbocycles. The van der Waals surface area contributed by atoms with Crippen LogP contribution in [0, 0.1) is 11.8 Å². The molecule has 1 fully saturated rings. The molecule has 1 saturated carbocycles. The van der Waals surface area contributed by atoms with Crippen molar-refractivity contribution in [3.05, 3.63) is 25.0 Å². The summed E-state index contributed by atoms with van der Waals surface area (Å²) in [5.41, 5.74) is 0. The fourth-order valence-corrected chi connectivity index (χ4v) is 2.58. The quantitative estimate of drug-likeness (QED) is 0.791. The Hall–Kier alpha value is -1.25. The van der Waals surface area contributed by atoms with Crippen molar-refractivity contribution >= 4 is 5.95 Å². The number of rotatable bonds is 5. The van der Waals surface area contributed by atoms with Gasteiger partial charge in [-0.05, 0) is 24.7 Å². The first-order valence-corrected chi connectivity index (χ1v) is 6.65. The molecule has 0 unspecified atom stereocenters. The highest BCUT2D eigenvalue weighted by Crippen LogP contribution is 2.29. The number of imidazole rings is 1. The highest BCUT2D eigenvalue weighted by Gasteiger charge is 2.19. The lowest BCUT2D eigenvalue weighted by Gasteiger charge is -2.26. The zero-order chi connectivity index (χ0) is 12.1. The molecule has 1 aromatic heterocycles. The summed E-state index contributed by atoms with van der Waals surface area (Å²) in [5.74, 6) is 2.72. The van der Waals surface area contributed by atoms with Crippen LogP contribution in [-0.4, -0.2) is 16.1 Å². The van der Waals surface area contributed by atoms with Gasteiger partial charge in [-0.25, -0.2) is 4.98 Å². The fraction of sp³-hybridized carbons (Fsp3) is 0.643. The topological polar surface area (TPSA) is 29.9 Å². The van der Waals surface area contributed by atoms with Gasteiger partial charge >= 0.3 is 0 Å². The highest BCUT2D eigenvalue weighted by molar-refractivity contribution is 5.26. The van der Waals surface area contributed by atoms with Gasteiger partial charge in [0.2, 0.25) is 5.95 Å². The van der Waals surface area contributed by atoms with Gasteiger partial charge in [0.15, 0.2) is 0 Å². The summed E-state index contributed by atoms with van der Waals surface area (Å²) in [6.07, 6.45) is 11.3. The Balaban J connectivity index is 1.89. The van der Waals surface area contributed by atoms with Crippen LogP contribution in [0.25, 0.3) is 0 Å². The lowest BCUT2D eigenvalue weighted by atomic mass is 9.83. The van der Waals surface area contributed by atoms with Crippen LogP contribution < -0.4 is 5.32 Å². The second-order valence-electron chi connectivity index (χ2n) is 5.20. The molecule has 0 saturated heterocycles. The maximum Gasteiger partial charge on any atom is 0.203 e. The normalized spacial score (nSPS) is 24.5. The van der Waals surface area contributed by atoms with E-state index in [0.717, 1.165) is 30.9 Å². The largest absolute Gasteiger partial charge is 0.352 e. The van der Waals surface area contributed by atoms with E-state index in [1.165, 1.54) is 25.7 Å². The molecule has 2 rings (SSSR count). The molecule has 0 atom stereocenters. The Morgan fingerprint density at radius 2 is 2.24 bits per heavy atom. The van der Waals surface area contributed by atoms with Crippen molar-refractivity contribution in [1.29, 1.82) is 0 Å². The van der Waals surface area contributed by atoms with Crippen molar-refractivity contribution in [3.63, 3.8) is 0 Å². The van der Waals surface area contributed by atoms with Crippen molar-refractivity contribution in [3.8, 4) is 0 Å². The molecule has 0 radical (unpaired) electrons. The van der Waals surface area contributed by atoms with Gasteiger partial charge in [-0.2, -0.15) is 0 Å². The monoisotopic (exact) mass is 233 g/mol. The minimum Gasteiger partial charge on any atom is -0.352 e. The van der Waals surface area contributed by atoms with Crippen molar-refractivity contribution in [1.82, 2.24) is 9.55 Å². The number of nitrogens with zero attached hydrogens (tertiary/aromatic N) is 2. The molecule has 1 heterocycles. The van der Waals surface area contributed by atoms with Gasteiger partial charge in [0.25, 0.3) is 0 Å². The second-order valence-corrected chi connectivity index (χ2v) is 5.20. The predicted molar refractivity (Wildman–Crippen MR) is 72.0 cm³/mol. The SMILES string of the molecule is C=CCNc1nccn1CC1CCC(C)CC1. The Kier molecular flexibility index (Phi) is 4.24. The molecule has 0 amide bonds. The number of hydrogen-bond acceptors (Lipinski definition) is 2.